The monoisotopic (exact) mass is 424 g/mol. The second kappa shape index (κ2) is 9.31. The molecule has 2 heterocycles. The summed E-state index contributed by atoms with van der Waals surface area (Å²) in [4.78, 5) is 57.1. The number of carboxylic acids is 1. The molecule has 5 amide bonds. The van der Waals surface area contributed by atoms with E-state index in [2.05, 4.69) is 10.3 Å². The highest BCUT2D eigenvalue weighted by Crippen LogP contribution is 2.32. The van der Waals surface area contributed by atoms with Crippen LogP contribution in [-0.4, -0.2) is 93.9 Å². The number of nitrogens with two attached hydrogens (primary N) is 1. The zero-order chi connectivity index (χ0) is 22.6. The average molecular weight is 425 g/mol. The van der Waals surface area contributed by atoms with E-state index in [4.69, 9.17) is 5.73 Å². The molecule has 2 aliphatic heterocycles. The first-order valence-electron chi connectivity index (χ1n) is 10.1. The van der Waals surface area contributed by atoms with Gasteiger partial charge in [-0.1, -0.05) is 0 Å². The Hall–Kier alpha value is -2.85. The number of aliphatic carboxylic acids is 1. The number of nitrogens with one attached hydrogen (secondary N) is 1. The molecule has 11 heteroatoms. The number of nitrogens with zero attached hydrogens (tertiary/aromatic N) is 4. The molecule has 2 aliphatic rings. The first-order valence-corrected chi connectivity index (χ1v) is 10.1. The molecular formula is C19H32N6O5. The lowest BCUT2D eigenvalue weighted by Gasteiger charge is -2.46. The lowest BCUT2D eigenvalue weighted by molar-refractivity contribution is -0.167. The van der Waals surface area contributed by atoms with Crippen molar-refractivity contribution in [2.75, 3.05) is 32.7 Å². The molecule has 0 aromatic rings. The highest BCUT2D eigenvalue weighted by Gasteiger charge is 2.55. The van der Waals surface area contributed by atoms with Gasteiger partial charge in [0.2, 0.25) is 5.91 Å². The van der Waals surface area contributed by atoms with Gasteiger partial charge in [-0.25, -0.2) is 19.3 Å². The fourth-order valence-electron chi connectivity index (χ4n) is 3.55. The number of piperazine rings is 1. The summed E-state index contributed by atoms with van der Waals surface area (Å²) in [6.07, 6.45) is 0.843. The highest BCUT2D eigenvalue weighted by atomic mass is 16.4. The van der Waals surface area contributed by atoms with Crippen LogP contribution < -0.4 is 11.1 Å². The van der Waals surface area contributed by atoms with Gasteiger partial charge < -0.3 is 26.0 Å². The van der Waals surface area contributed by atoms with Crippen molar-refractivity contribution in [1.29, 1.82) is 0 Å². The van der Waals surface area contributed by atoms with Crippen molar-refractivity contribution >= 4 is 29.8 Å². The van der Waals surface area contributed by atoms with E-state index in [-0.39, 0.29) is 24.7 Å². The average Bonchev–Trinajstić information content (AvgIpc) is 2.63. The Balaban J connectivity index is 1.92. The predicted molar refractivity (Wildman–Crippen MR) is 110 cm³/mol. The standard InChI is InChI=1S/C19H32N6O5/c1-12(20)21-7-5-6-13-14(16(27)28)25(15(13)26)18(30)24-10-8-23(9-11-24)17(29)22-19(2,3)4/h13-14H,5-11H2,1-4H3,(H2,20,21)(H,22,29)(H,27,28). The van der Waals surface area contributed by atoms with E-state index >= 15 is 0 Å². The van der Waals surface area contributed by atoms with E-state index in [0.29, 0.717) is 38.3 Å². The predicted octanol–water partition coefficient (Wildman–Crippen LogP) is 0.301. The van der Waals surface area contributed by atoms with Crippen LogP contribution >= 0.6 is 0 Å². The molecule has 2 rings (SSSR count). The summed E-state index contributed by atoms with van der Waals surface area (Å²) >= 11 is 0. The summed E-state index contributed by atoms with van der Waals surface area (Å²) in [6.45, 7) is 8.81. The Labute approximate surface area is 176 Å². The number of aliphatic imine (C=N–C) groups is 1. The zero-order valence-corrected chi connectivity index (χ0v) is 18.1. The number of carbonyl (C=O) groups excluding carboxylic acids is 3. The molecule has 2 atom stereocenters. The number of urea groups is 2. The van der Waals surface area contributed by atoms with Crippen LogP contribution in [0.15, 0.2) is 4.99 Å². The molecule has 0 aromatic heterocycles. The molecule has 0 aromatic carbocycles. The zero-order valence-electron chi connectivity index (χ0n) is 18.1. The summed E-state index contributed by atoms with van der Waals surface area (Å²) in [5, 5.41) is 12.4. The quantitative estimate of drug-likeness (QED) is 0.250. The SMILES string of the molecule is CC(N)=NCCCC1C(=O)N(C(=O)N2CCN(C(=O)NC(C)(C)C)CC2)C1C(=O)O. The van der Waals surface area contributed by atoms with Crippen molar-refractivity contribution < 1.29 is 24.3 Å². The first kappa shape index (κ1) is 23.4. The Morgan fingerprint density at radius 3 is 2.23 bits per heavy atom. The lowest BCUT2D eigenvalue weighted by atomic mass is 9.84. The van der Waals surface area contributed by atoms with Gasteiger partial charge in [0.05, 0.1) is 11.8 Å². The van der Waals surface area contributed by atoms with Crippen LogP contribution in [0, 0.1) is 5.92 Å². The number of carbonyl (C=O) groups is 4. The van der Waals surface area contributed by atoms with Crippen LogP contribution in [0.4, 0.5) is 9.59 Å². The van der Waals surface area contributed by atoms with E-state index in [9.17, 15) is 24.3 Å². The van der Waals surface area contributed by atoms with Crippen molar-refractivity contribution in [1.82, 2.24) is 20.0 Å². The molecule has 11 nitrogen and oxygen atoms in total. The minimum atomic E-state index is -1.20. The van der Waals surface area contributed by atoms with Crippen molar-refractivity contribution in [2.24, 2.45) is 16.6 Å². The number of hydrogen-bond donors (Lipinski definition) is 3. The first-order chi connectivity index (χ1) is 13.9. The van der Waals surface area contributed by atoms with Gasteiger partial charge >= 0.3 is 18.0 Å². The second-order valence-electron chi connectivity index (χ2n) is 8.70. The number of carboxylic acid groups (broad SMARTS) is 1. The van der Waals surface area contributed by atoms with Crippen molar-refractivity contribution in [2.45, 2.75) is 52.1 Å². The van der Waals surface area contributed by atoms with Crippen LogP contribution in [-0.2, 0) is 9.59 Å². The van der Waals surface area contributed by atoms with E-state index < -0.39 is 29.9 Å². The van der Waals surface area contributed by atoms with Gasteiger partial charge in [0, 0.05) is 38.3 Å². The number of imide groups is 1. The molecule has 0 bridgehead atoms. The third-order valence-electron chi connectivity index (χ3n) is 5.03. The van der Waals surface area contributed by atoms with E-state index in [1.165, 1.54) is 4.90 Å². The van der Waals surface area contributed by atoms with Crippen LogP contribution in [0.1, 0.15) is 40.5 Å². The molecule has 0 saturated carbocycles. The van der Waals surface area contributed by atoms with Gasteiger partial charge in [0.1, 0.15) is 0 Å². The van der Waals surface area contributed by atoms with Crippen molar-refractivity contribution in [3.63, 3.8) is 0 Å². The number of amidine groups is 1. The fraction of sp³-hybridized carbons (Fsp3) is 0.737. The molecule has 2 saturated heterocycles. The van der Waals surface area contributed by atoms with E-state index in [1.807, 2.05) is 20.8 Å². The number of rotatable bonds is 5. The van der Waals surface area contributed by atoms with Crippen LogP contribution in [0.2, 0.25) is 0 Å². The topological polar surface area (TPSA) is 149 Å². The smallest absolute Gasteiger partial charge is 0.327 e. The highest BCUT2D eigenvalue weighted by molar-refractivity contribution is 6.07. The Morgan fingerprint density at radius 1 is 1.17 bits per heavy atom. The van der Waals surface area contributed by atoms with Crippen molar-refractivity contribution in [3.05, 3.63) is 0 Å². The number of hydrogen-bond acceptors (Lipinski definition) is 5. The summed E-state index contributed by atoms with van der Waals surface area (Å²) in [5.41, 5.74) is 5.09. The molecule has 4 N–H and O–H groups in total. The van der Waals surface area contributed by atoms with Gasteiger partial charge in [0.25, 0.3) is 0 Å². The molecule has 168 valence electrons. The maximum atomic E-state index is 12.8. The van der Waals surface area contributed by atoms with Crippen LogP contribution in [0.3, 0.4) is 0 Å². The molecular weight excluding hydrogens is 392 g/mol. The molecule has 30 heavy (non-hydrogen) atoms. The molecule has 2 fully saturated rings. The van der Waals surface area contributed by atoms with Crippen LogP contribution in [0.5, 0.6) is 0 Å². The Kier molecular flexibility index (Phi) is 7.27. The van der Waals surface area contributed by atoms with E-state index in [0.717, 1.165) is 4.90 Å². The Morgan fingerprint density at radius 2 is 1.73 bits per heavy atom. The summed E-state index contributed by atoms with van der Waals surface area (Å²) in [5.74, 6) is -1.99. The third kappa shape index (κ3) is 5.61. The van der Waals surface area contributed by atoms with Gasteiger partial charge in [-0.15, -0.1) is 0 Å². The van der Waals surface area contributed by atoms with Gasteiger partial charge in [-0.05, 0) is 40.5 Å². The lowest BCUT2D eigenvalue weighted by Crippen LogP contribution is -2.69. The van der Waals surface area contributed by atoms with Gasteiger partial charge in [-0.3, -0.25) is 9.79 Å². The van der Waals surface area contributed by atoms with E-state index in [1.54, 1.807) is 11.8 Å². The maximum Gasteiger partial charge on any atom is 0.327 e. The normalized spacial score (nSPS) is 22.6. The molecule has 0 radical (unpaired) electrons. The minimum absolute atomic E-state index is 0.214. The van der Waals surface area contributed by atoms with Crippen molar-refractivity contribution in [3.8, 4) is 0 Å². The fourth-order valence-corrected chi connectivity index (χ4v) is 3.55. The minimum Gasteiger partial charge on any atom is -0.480 e. The summed E-state index contributed by atoms with van der Waals surface area (Å²) in [7, 11) is 0. The molecule has 0 aliphatic carbocycles. The third-order valence-corrected chi connectivity index (χ3v) is 5.03. The number of amides is 5. The second-order valence-corrected chi connectivity index (χ2v) is 8.70. The largest absolute Gasteiger partial charge is 0.480 e. The Bertz CT molecular complexity index is 719. The van der Waals surface area contributed by atoms with Gasteiger partial charge in [0.15, 0.2) is 6.04 Å². The number of β-lactam (4-membered cyclic amide) rings is 1. The number of likely N-dealkylation sites (tertiary alicyclic amines) is 1. The molecule has 0 spiro atoms. The van der Waals surface area contributed by atoms with Gasteiger partial charge in [-0.2, -0.15) is 0 Å². The summed E-state index contributed by atoms with van der Waals surface area (Å²) < 4.78 is 0. The van der Waals surface area contributed by atoms with Crippen LogP contribution in [0.25, 0.3) is 0 Å². The summed E-state index contributed by atoms with van der Waals surface area (Å²) in [6, 6.07) is -2.00. The maximum absolute atomic E-state index is 12.8. The molecule has 2 unspecified atom stereocenters.